The van der Waals surface area contributed by atoms with Gasteiger partial charge in [-0.05, 0) is 58.8 Å². The summed E-state index contributed by atoms with van der Waals surface area (Å²) in [7, 11) is 0. The highest BCUT2D eigenvalue weighted by Gasteiger charge is 2.52. The van der Waals surface area contributed by atoms with Crippen LogP contribution in [0.15, 0.2) is 66.0 Å². The number of carbonyl (C=O) groups excluding carboxylic acids is 4. The van der Waals surface area contributed by atoms with Crippen LogP contribution in [-0.4, -0.2) is 72.6 Å². The first-order valence-corrected chi connectivity index (χ1v) is 15.7. The fourth-order valence-electron chi connectivity index (χ4n) is 5.76. The maximum absolute atomic E-state index is 13.6. The number of amides is 3. The van der Waals surface area contributed by atoms with Crippen molar-refractivity contribution in [1.82, 2.24) is 21.0 Å². The van der Waals surface area contributed by atoms with Gasteiger partial charge in [-0.1, -0.05) is 30.3 Å². The second kappa shape index (κ2) is 12.9. The molecule has 4 aromatic rings. The van der Waals surface area contributed by atoms with Crippen molar-refractivity contribution in [3.05, 3.63) is 82.0 Å². The molecule has 3 heterocycles. The van der Waals surface area contributed by atoms with Gasteiger partial charge in [0.25, 0.3) is 5.91 Å². The summed E-state index contributed by atoms with van der Waals surface area (Å²) in [6, 6.07) is 17.9. The van der Waals surface area contributed by atoms with Crippen molar-refractivity contribution in [2.75, 3.05) is 26.3 Å². The zero-order chi connectivity index (χ0) is 32.4. The van der Waals surface area contributed by atoms with Crippen molar-refractivity contribution < 1.29 is 33.5 Å². The molecule has 2 aliphatic heterocycles. The number of carbonyl (C=O) groups is 4. The molecule has 2 aliphatic rings. The molecule has 12 nitrogen and oxygen atoms in total. The topological polar surface area (TPSA) is 159 Å². The molecule has 0 unspecified atom stereocenters. The summed E-state index contributed by atoms with van der Waals surface area (Å²) in [6.45, 7) is 3.47. The van der Waals surface area contributed by atoms with Gasteiger partial charge in [-0.3, -0.25) is 24.6 Å². The van der Waals surface area contributed by atoms with Crippen molar-refractivity contribution in [1.29, 1.82) is 5.41 Å². The standard InChI is InChI=1S/C33H33N5O7S/c1-19(28-14-26(17-46-28)30(34)37-45-20(2)39)36-32(42)27-15-33(43-9-10-44-33)18-38(27)29(40)16-35-31(41)24-8-7-23-11-21-5-3-4-6-22(21)12-25(23)13-24/h3-8,11-14,17,19,27H,9-10,15-16,18H2,1-2H3,(H2,34,37)(H,35,41)(H,36,42)/t19-,27+/m1/s1. The molecule has 2 fully saturated rings. The van der Waals surface area contributed by atoms with Gasteiger partial charge < -0.3 is 29.8 Å². The molecule has 238 valence electrons. The molecule has 0 bridgehead atoms. The Morgan fingerprint density at radius 1 is 1.00 bits per heavy atom. The predicted octanol–water partition coefficient (Wildman–Crippen LogP) is 3.40. The minimum atomic E-state index is -1.08. The third-order valence-corrected chi connectivity index (χ3v) is 9.20. The highest BCUT2D eigenvalue weighted by molar-refractivity contribution is 7.10. The lowest BCUT2D eigenvalue weighted by Gasteiger charge is -2.25. The molecule has 1 spiro atoms. The minimum Gasteiger partial charge on any atom is -0.347 e. The van der Waals surface area contributed by atoms with E-state index in [0.717, 1.165) is 26.4 Å². The number of thiophene rings is 1. The largest absolute Gasteiger partial charge is 0.347 e. The number of ether oxygens (including phenoxy) is 2. The average molecular weight is 644 g/mol. The van der Waals surface area contributed by atoms with Crippen LogP contribution in [0.4, 0.5) is 0 Å². The van der Waals surface area contributed by atoms with Gasteiger partial charge in [0.1, 0.15) is 6.04 Å². The van der Waals surface area contributed by atoms with Crippen molar-refractivity contribution in [2.24, 2.45) is 0 Å². The second-order valence-corrected chi connectivity index (χ2v) is 12.3. The number of fused-ring (bicyclic) bond motifs is 2. The van der Waals surface area contributed by atoms with Gasteiger partial charge in [0.2, 0.25) is 11.8 Å². The first kappa shape index (κ1) is 31.1. The smallest absolute Gasteiger partial charge is 0.329 e. The molecule has 0 aliphatic carbocycles. The fourth-order valence-corrected chi connectivity index (χ4v) is 6.66. The summed E-state index contributed by atoms with van der Waals surface area (Å²) in [5, 5.41) is 19.5. The van der Waals surface area contributed by atoms with Crippen molar-refractivity contribution in [3.8, 4) is 0 Å². The van der Waals surface area contributed by atoms with E-state index in [-0.39, 0.29) is 25.3 Å². The zero-order valence-electron chi connectivity index (χ0n) is 25.3. The number of nitrogens with zero attached hydrogens (tertiary/aromatic N) is 1. The number of amidine groups is 1. The Bertz CT molecular complexity index is 1850. The summed E-state index contributed by atoms with van der Waals surface area (Å²) in [5.41, 5.74) is 3.19. The third-order valence-electron chi connectivity index (χ3n) is 8.09. The van der Waals surface area contributed by atoms with Gasteiger partial charge in [-0.15, -0.1) is 11.3 Å². The van der Waals surface area contributed by atoms with Crippen LogP contribution in [0.25, 0.3) is 21.5 Å². The Morgan fingerprint density at radius 3 is 2.41 bits per heavy atom. The minimum absolute atomic E-state index is 0.0549. The lowest BCUT2D eigenvalue weighted by atomic mass is 10.0. The van der Waals surface area contributed by atoms with Crippen molar-refractivity contribution in [2.45, 2.75) is 38.1 Å². The van der Waals surface area contributed by atoms with Crippen LogP contribution in [-0.2, 0) is 28.7 Å². The van der Waals surface area contributed by atoms with E-state index < -0.39 is 41.6 Å². The van der Waals surface area contributed by atoms with Crippen molar-refractivity contribution >= 4 is 62.4 Å². The quantitative estimate of drug-likeness (QED) is 0.103. The van der Waals surface area contributed by atoms with Crippen LogP contribution >= 0.6 is 11.3 Å². The lowest BCUT2D eigenvalue weighted by Crippen LogP contribution is -2.49. The van der Waals surface area contributed by atoms with E-state index >= 15 is 0 Å². The van der Waals surface area contributed by atoms with E-state index in [9.17, 15) is 19.2 Å². The first-order chi connectivity index (χ1) is 22.1. The number of nitrogens with one attached hydrogen (secondary N) is 4. The number of hydrogen-bond acceptors (Lipinski definition) is 9. The maximum atomic E-state index is 13.6. The number of hydroxylamine groups is 1. The molecular formula is C33H33N5O7S. The fraction of sp³-hybridized carbons (Fsp3) is 0.303. The molecular weight excluding hydrogens is 610 g/mol. The van der Waals surface area contributed by atoms with Crippen LogP contribution < -0.4 is 16.1 Å². The number of benzene rings is 3. The Balaban J connectivity index is 1.11. The normalized spacial score (nSPS) is 17.6. The summed E-state index contributed by atoms with van der Waals surface area (Å²) < 4.78 is 11.7. The molecule has 2 saturated heterocycles. The Kier molecular flexibility index (Phi) is 8.71. The van der Waals surface area contributed by atoms with E-state index in [0.29, 0.717) is 24.3 Å². The van der Waals surface area contributed by atoms with Gasteiger partial charge in [0, 0.05) is 34.7 Å². The van der Waals surface area contributed by atoms with Crippen LogP contribution in [0.1, 0.15) is 47.1 Å². The van der Waals surface area contributed by atoms with E-state index in [1.54, 1.807) is 30.5 Å². The van der Waals surface area contributed by atoms with E-state index in [1.165, 1.54) is 23.2 Å². The first-order valence-electron chi connectivity index (χ1n) is 14.8. The second-order valence-electron chi connectivity index (χ2n) is 11.3. The molecule has 4 N–H and O–H groups in total. The van der Waals surface area contributed by atoms with Crippen LogP contribution in [0.5, 0.6) is 0 Å². The third kappa shape index (κ3) is 6.57. The molecule has 0 saturated carbocycles. The van der Waals surface area contributed by atoms with E-state index in [2.05, 4.69) is 27.0 Å². The molecule has 13 heteroatoms. The molecule has 3 aromatic carbocycles. The van der Waals surface area contributed by atoms with Crippen molar-refractivity contribution in [3.63, 3.8) is 0 Å². The molecule has 0 radical (unpaired) electrons. The Hall–Kier alpha value is -4.85. The zero-order valence-corrected chi connectivity index (χ0v) is 26.1. The molecule has 6 rings (SSSR count). The number of likely N-dealkylation sites (tertiary alicyclic amines) is 1. The molecule has 1 aromatic heterocycles. The highest BCUT2D eigenvalue weighted by atomic mass is 32.1. The Labute approximate surface area is 268 Å². The highest BCUT2D eigenvalue weighted by Crippen LogP contribution is 2.35. The monoisotopic (exact) mass is 643 g/mol. The van der Waals surface area contributed by atoms with E-state index in [1.807, 2.05) is 36.4 Å². The van der Waals surface area contributed by atoms with Gasteiger partial charge in [0.15, 0.2) is 11.6 Å². The average Bonchev–Trinajstić information content (AvgIpc) is 3.82. The summed E-state index contributed by atoms with van der Waals surface area (Å²) in [5.74, 6) is -2.99. The Morgan fingerprint density at radius 2 is 1.70 bits per heavy atom. The van der Waals surface area contributed by atoms with Crippen LogP contribution in [0.2, 0.25) is 0 Å². The maximum Gasteiger partial charge on any atom is 0.329 e. The SMILES string of the molecule is CC(=O)ONC(=N)c1csc([C@@H](C)NC(=O)[C@@H]2CC3(CN2C(=O)CNC(=O)c2ccc4cc5ccccc5cc4c2)OCCO3)c1. The summed E-state index contributed by atoms with van der Waals surface area (Å²) >= 11 is 1.33. The number of rotatable bonds is 7. The summed E-state index contributed by atoms with van der Waals surface area (Å²) in [4.78, 5) is 58.0. The van der Waals surface area contributed by atoms with Crippen LogP contribution in [0, 0.1) is 5.41 Å². The van der Waals surface area contributed by atoms with Crippen LogP contribution in [0.3, 0.4) is 0 Å². The van der Waals surface area contributed by atoms with Gasteiger partial charge in [-0.2, -0.15) is 0 Å². The molecule has 2 atom stereocenters. The summed E-state index contributed by atoms with van der Waals surface area (Å²) in [6.07, 6.45) is 0.149. The van der Waals surface area contributed by atoms with Gasteiger partial charge >= 0.3 is 5.97 Å². The van der Waals surface area contributed by atoms with Gasteiger partial charge in [-0.25, -0.2) is 5.48 Å². The van der Waals surface area contributed by atoms with Gasteiger partial charge in [0.05, 0.1) is 32.3 Å². The molecule has 46 heavy (non-hydrogen) atoms. The van der Waals surface area contributed by atoms with E-state index in [4.69, 9.17) is 14.9 Å². The number of hydrogen-bond donors (Lipinski definition) is 4. The molecule has 3 amide bonds. The lowest BCUT2D eigenvalue weighted by molar-refractivity contribution is -0.152. The predicted molar refractivity (Wildman–Crippen MR) is 171 cm³/mol.